The number of esters is 4. The minimum Gasteiger partial charge on any atom is -0.465 e. The number of thioether (sulfide) groups is 2. The highest BCUT2D eigenvalue weighted by atomic mass is 32.2. The van der Waals surface area contributed by atoms with Gasteiger partial charge in [-0.05, 0) is 0 Å². The fourth-order valence-corrected chi connectivity index (χ4v) is 5.19. The molecule has 12 heteroatoms. The van der Waals surface area contributed by atoms with Crippen molar-refractivity contribution in [3.63, 3.8) is 0 Å². The monoisotopic (exact) mass is 422 g/mol. The van der Waals surface area contributed by atoms with Gasteiger partial charge in [0.25, 0.3) is 0 Å². The number of rotatable bonds is 6. The van der Waals surface area contributed by atoms with Crippen molar-refractivity contribution in [2.45, 2.75) is 55.8 Å². The Balaban J connectivity index is 3.29. The SMILES string of the molecule is CC(=O)OC[C@@H]1S[C@H](SC(=N)N)[C@H](OC(C)=O)[C@@H](OC(C)=O)[C@@H]1OC(C)=O. The number of hydrogen-bond donors (Lipinski definition) is 2. The van der Waals surface area contributed by atoms with E-state index in [0.29, 0.717) is 0 Å². The lowest BCUT2D eigenvalue weighted by molar-refractivity contribution is -0.183. The van der Waals surface area contributed by atoms with Crippen LogP contribution in [0.15, 0.2) is 0 Å². The zero-order chi connectivity index (χ0) is 20.7. The molecule has 0 aliphatic carbocycles. The van der Waals surface area contributed by atoms with Crippen LogP contribution in [0.2, 0.25) is 0 Å². The Bertz CT molecular complexity index is 615. The molecule has 1 heterocycles. The molecule has 0 bridgehead atoms. The average Bonchev–Trinajstić information content (AvgIpc) is 2.49. The predicted molar refractivity (Wildman–Crippen MR) is 98.0 cm³/mol. The van der Waals surface area contributed by atoms with Crippen molar-refractivity contribution < 1.29 is 38.1 Å². The molecule has 0 amide bonds. The fourth-order valence-electron chi connectivity index (χ4n) is 2.41. The molecule has 3 N–H and O–H groups in total. The van der Waals surface area contributed by atoms with Gasteiger partial charge in [-0.2, -0.15) is 0 Å². The lowest BCUT2D eigenvalue weighted by atomic mass is 10.0. The Hall–Kier alpha value is -1.95. The van der Waals surface area contributed by atoms with Gasteiger partial charge in [-0.25, -0.2) is 0 Å². The maximum atomic E-state index is 11.6. The second-order valence-electron chi connectivity index (χ2n) is 5.55. The topological polar surface area (TPSA) is 155 Å². The molecule has 0 radical (unpaired) electrons. The highest BCUT2D eigenvalue weighted by molar-refractivity contribution is 8.25. The molecule has 1 rings (SSSR count). The molecule has 1 aliphatic rings. The van der Waals surface area contributed by atoms with Crippen LogP contribution in [0.5, 0.6) is 0 Å². The smallest absolute Gasteiger partial charge is 0.303 e. The van der Waals surface area contributed by atoms with Crippen molar-refractivity contribution in [3.05, 3.63) is 0 Å². The molecule has 0 aromatic rings. The third kappa shape index (κ3) is 7.67. The number of nitrogens with two attached hydrogens (primary N) is 1. The predicted octanol–water partition coefficient (Wildman–Crippen LogP) is 0.413. The summed E-state index contributed by atoms with van der Waals surface area (Å²) in [7, 11) is 0. The van der Waals surface area contributed by atoms with Crippen LogP contribution in [-0.2, 0) is 38.1 Å². The first-order valence-electron chi connectivity index (χ1n) is 7.82. The van der Waals surface area contributed by atoms with Gasteiger partial charge in [-0.3, -0.25) is 24.6 Å². The highest BCUT2D eigenvalue weighted by Crippen LogP contribution is 2.42. The van der Waals surface area contributed by atoms with Crippen LogP contribution >= 0.6 is 23.5 Å². The molecule has 1 aliphatic heterocycles. The molecular formula is C15H22N2O8S2. The van der Waals surface area contributed by atoms with E-state index in [4.69, 9.17) is 30.1 Å². The zero-order valence-corrected chi connectivity index (χ0v) is 16.9. The van der Waals surface area contributed by atoms with E-state index in [0.717, 1.165) is 30.4 Å². The number of carbonyl (C=O) groups excluding carboxylic acids is 4. The average molecular weight is 422 g/mol. The maximum Gasteiger partial charge on any atom is 0.303 e. The van der Waals surface area contributed by atoms with Gasteiger partial charge in [0.1, 0.15) is 6.61 Å². The van der Waals surface area contributed by atoms with Crippen LogP contribution in [0.4, 0.5) is 0 Å². The first-order chi connectivity index (χ1) is 12.5. The van der Waals surface area contributed by atoms with Crippen molar-refractivity contribution in [2.24, 2.45) is 5.73 Å². The van der Waals surface area contributed by atoms with Gasteiger partial charge in [0.15, 0.2) is 23.5 Å². The largest absolute Gasteiger partial charge is 0.465 e. The minimum absolute atomic E-state index is 0.141. The Morgan fingerprint density at radius 3 is 1.81 bits per heavy atom. The molecule has 1 fully saturated rings. The number of ether oxygens (including phenoxy) is 4. The summed E-state index contributed by atoms with van der Waals surface area (Å²) in [5.74, 6) is -2.52. The van der Waals surface area contributed by atoms with Gasteiger partial charge in [0.05, 0.1) is 9.83 Å². The summed E-state index contributed by atoms with van der Waals surface area (Å²) in [4.78, 5) is 45.9. The standard InChI is InChI=1S/C15H22N2O8S2/c1-6(18)22-5-10-11(23-7(2)19)12(24-8(3)20)13(25-9(4)21)14(26-10)27-15(16)17/h10-14H,5H2,1-4H3,(H3,16,17)/t10-,11+,12-,13+,14+/m0/s1. The summed E-state index contributed by atoms with van der Waals surface area (Å²) in [6, 6.07) is 0. The summed E-state index contributed by atoms with van der Waals surface area (Å²) >= 11 is 2.04. The number of nitrogens with one attached hydrogen (secondary N) is 1. The fraction of sp³-hybridized carbons (Fsp3) is 0.667. The second-order valence-corrected chi connectivity index (χ2v) is 8.42. The van der Waals surface area contributed by atoms with Gasteiger partial charge in [-0.1, -0.05) is 11.8 Å². The van der Waals surface area contributed by atoms with Crippen molar-refractivity contribution in [1.82, 2.24) is 0 Å². The number of amidine groups is 1. The lowest BCUT2D eigenvalue weighted by Crippen LogP contribution is -2.58. The zero-order valence-electron chi connectivity index (χ0n) is 15.3. The molecule has 0 aromatic heterocycles. The summed E-state index contributed by atoms with van der Waals surface area (Å²) in [6.45, 7) is 4.59. The first-order valence-corrected chi connectivity index (χ1v) is 9.64. The molecule has 0 unspecified atom stereocenters. The Morgan fingerprint density at radius 2 is 1.37 bits per heavy atom. The Kier molecular flexibility index (Phi) is 8.89. The summed E-state index contributed by atoms with van der Waals surface area (Å²) in [6.07, 6.45) is -3.24. The lowest BCUT2D eigenvalue weighted by Gasteiger charge is -2.43. The van der Waals surface area contributed by atoms with E-state index in [9.17, 15) is 19.2 Å². The van der Waals surface area contributed by atoms with Crippen LogP contribution < -0.4 is 5.73 Å². The van der Waals surface area contributed by atoms with Crippen LogP contribution in [0, 0.1) is 5.41 Å². The number of carbonyl (C=O) groups is 4. The van der Waals surface area contributed by atoms with E-state index in [2.05, 4.69) is 0 Å². The van der Waals surface area contributed by atoms with Gasteiger partial charge in [-0.15, -0.1) is 11.8 Å². The van der Waals surface area contributed by atoms with Crippen LogP contribution in [0.1, 0.15) is 27.7 Å². The summed E-state index contributed by atoms with van der Waals surface area (Å²) in [5, 5.41) is 6.64. The third-order valence-electron chi connectivity index (χ3n) is 3.19. The van der Waals surface area contributed by atoms with Gasteiger partial charge >= 0.3 is 23.9 Å². The third-order valence-corrected chi connectivity index (χ3v) is 5.86. The Labute approximate surface area is 164 Å². The minimum atomic E-state index is -1.16. The molecule has 0 saturated carbocycles. The van der Waals surface area contributed by atoms with Crippen molar-refractivity contribution in [2.75, 3.05) is 6.61 Å². The van der Waals surface area contributed by atoms with Gasteiger partial charge < -0.3 is 24.7 Å². The van der Waals surface area contributed by atoms with Gasteiger partial charge in [0, 0.05) is 27.7 Å². The highest BCUT2D eigenvalue weighted by Gasteiger charge is 2.52. The van der Waals surface area contributed by atoms with Crippen molar-refractivity contribution >= 4 is 52.6 Å². The molecule has 27 heavy (non-hydrogen) atoms. The molecule has 152 valence electrons. The number of hydrogen-bond acceptors (Lipinski definition) is 11. The molecule has 10 nitrogen and oxygen atoms in total. The van der Waals surface area contributed by atoms with E-state index < -0.39 is 52.0 Å². The van der Waals surface area contributed by atoms with E-state index in [1.807, 2.05) is 0 Å². The van der Waals surface area contributed by atoms with Crippen LogP contribution in [0.25, 0.3) is 0 Å². The van der Waals surface area contributed by atoms with Gasteiger partial charge in [0.2, 0.25) is 0 Å². The molecule has 0 aromatic carbocycles. The summed E-state index contributed by atoms with van der Waals surface area (Å²) in [5.41, 5.74) is 5.46. The van der Waals surface area contributed by atoms with E-state index >= 15 is 0 Å². The normalized spacial score (nSPS) is 27.2. The molecule has 1 saturated heterocycles. The van der Waals surface area contributed by atoms with Crippen molar-refractivity contribution in [1.29, 1.82) is 5.41 Å². The van der Waals surface area contributed by atoms with E-state index in [-0.39, 0.29) is 11.8 Å². The van der Waals surface area contributed by atoms with E-state index in [1.54, 1.807) is 0 Å². The van der Waals surface area contributed by atoms with Crippen LogP contribution in [-0.4, -0.2) is 63.8 Å². The molecule has 0 spiro atoms. The quantitative estimate of drug-likeness (QED) is 0.264. The van der Waals surface area contributed by atoms with E-state index in [1.165, 1.54) is 20.8 Å². The second kappa shape index (κ2) is 10.4. The summed E-state index contributed by atoms with van der Waals surface area (Å²) < 4.78 is 20.3. The maximum absolute atomic E-state index is 11.6. The Morgan fingerprint density at radius 1 is 0.889 bits per heavy atom. The van der Waals surface area contributed by atoms with Crippen molar-refractivity contribution in [3.8, 4) is 0 Å². The van der Waals surface area contributed by atoms with Crippen LogP contribution in [0.3, 0.4) is 0 Å². The molecule has 5 atom stereocenters. The first kappa shape index (κ1) is 23.1. The molecular weight excluding hydrogens is 400 g/mol.